The van der Waals surface area contributed by atoms with E-state index in [4.69, 9.17) is 9.47 Å². The molecule has 1 amide bonds. The van der Waals surface area contributed by atoms with E-state index in [0.29, 0.717) is 43.2 Å². The number of piperazine rings is 1. The van der Waals surface area contributed by atoms with Crippen LogP contribution in [0.5, 0.6) is 11.5 Å². The number of amides is 1. The average Bonchev–Trinajstić information content (AvgIpc) is 3.20. The number of hydrogen-bond donors (Lipinski definition) is 0. The van der Waals surface area contributed by atoms with Crippen LogP contribution < -0.4 is 9.47 Å². The van der Waals surface area contributed by atoms with Gasteiger partial charge in [-0.05, 0) is 30.7 Å². The van der Waals surface area contributed by atoms with E-state index >= 15 is 0 Å². The maximum atomic E-state index is 12.8. The molecule has 0 bridgehead atoms. The minimum absolute atomic E-state index is 0.0269. The van der Waals surface area contributed by atoms with Gasteiger partial charge in [0.15, 0.2) is 11.5 Å². The molecule has 1 saturated heterocycles. The zero-order valence-electron chi connectivity index (χ0n) is 15.5. The largest absolute Gasteiger partial charge is 0.454 e. The standard InChI is InChI=1S/C20H21N3O5/c1-14(15-3-2-4-17(11-15)23(25)26)21-7-9-22(10-8-21)20(24)16-5-6-18-19(12-16)28-13-27-18/h2-6,11-12,14H,7-10,13H2,1H3. The van der Waals surface area contributed by atoms with Crippen molar-refractivity contribution in [3.05, 3.63) is 63.7 Å². The molecule has 8 heteroatoms. The molecule has 2 aromatic rings. The van der Waals surface area contributed by atoms with Crippen molar-refractivity contribution in [3.8, 4) is 11.5 Å². The lowest BCUT2D eigenvalue weighted by Gasteiger charge is -2.38. The highest BCUT2D eigenvalue weighted by molar-refractivity contribution is 5.95. The van der Waals surface area contributed by atoms with Crippen LogP contribution in [0.15, 0.2) is 42.5 Å². The lowest BCUT2D eigenvalue weighted by atomic mass is 10.0. The van der Waals surface area contributed by atoms with Gasteiger partial charge in [0.1, 0.15) is 0 Å². The first-order chi connectivity index (χ1) is 13.5. The van der Waals surface area contributed by atoms with E-state index in [1.807, 2.05) is 17.9 Å². The molecule has 8 nitrogen and oxygen atoms in total. The second-order valence-corrected chi connectivity index (χ2v) is 6.92. The summed E-state index contributed by atoms with van der Waals surface area (Å²) in [6.45, 7) is 4.84. The molecule has 2 aliphatic rings. The highest BCUT2D eigenvalue weighted by Crippen LogP contribution is 2.33. The van der Waals surface area contributed by atoms with Crippen molar-refractivity contribution in [2.75, 3.05) is 33.0 Å². The number of rotatable bonds is 4. The van der Waals surface area contributed by atoms with Crippen LogP contribution in [0.3, 0.4) is 0 Å². The summed E-state index contributed by atoms with van der Waals surface area (Å²) in [6.07, 6.45) is 0. The molecule has 0 N–H and O–H groups in total. The van der Waals surface area contributed by atoms with Gasteiger partial charge in [0.05, 0.1) is 4.92 Å². The molecule has 0 saturated carbocycles. The van der Waals surface area contributed by atoms with Crippen molar-refractivity contribution >= 4 is 11.6 Å². The molecule has 1 unspecified atom stereocenters. The Morgan fingerprint density at radius 1 is 1.07 bits per heavy atom. The Hall–Kier alpha value is -3.13. The highest BCUT2D eigenvalue weighted by Gasteiger charge is 2.27. The van der Waals surface area contributed by atoms with Crippen molar-refractivity contribution in [1.29, 1.82) is 0 Å². The van der Waals surface area contributed by atoms with Crippen LogP contribution in [-0.4, -0.2) is 53.6 Å². The molecule has 4 rings (SSSR count). The molecule has 146 valence electrons. The van der Waals surface area contributed by atoms with E-state index < -0.39 is 0 Å². The van der Waals surface area contributed by atoms with Crippen molar-refractivity contribution in [2.45, 2.75) is 13.0 Å². The number of nitro benzene ring substituents is 1. The Labute approximate surface area is 162 Å². The first kappa shape index (κ1) is 18.2. The van der Waals surface area contributed by atoms with Gasteiger partial charge in [0.25, 0.3) is 11.6 Å². The Morgan fingerprint density at radius 3 is 2.57 bits per heavy atom. The third-order valence-electron chi connectivity index (χ3n) is 5.33. The van der Waals surface area contributed by atoms with E-state index in [-0.39, 0.29) is 29.4 Å². The van der Waals surface area contributed by atoms with E-state index in [1.165, 1.54) is 6.07 Å². The lowest BCUT2D eigenvalue weighted by molar-refractivity contribution is -0.385. The predicted molar refractivity (Wildman–Crippen MR) is 102 cm³/mol. The van der Waals surface area contributed by atoms with Gasteiger partial charge in [0.2, 0.25) is 6.79 Å². The number of nitro groups is 1. The van der Waals surface area contributed by atoms with E-state index in [0.717, 1.165) is 5.56 Å². The first-order valence-electron chi connectivity index (χ1n) is 9.20. The van der Waals surface area contributed by atoms with E-state index in [1.54, 1.807) is 30.3 Å². The topological polar surface area (TPSA) is 85.2 Å². The van der Waals surface area contributed by atoms with Crippen LogP contribution in [0.2, 0.25) is 0 Å². The molecule has 2 aliphatic heterocycles. The Kier molecular flexibility index (Phi) is 4.87. The maximum absolute atomic E-state index is 12.8. The van der Waals surface area contributed by atoms with Crippen LogP contribution >= 0.6 is 0 Å². The van der Waals surface area contributed by atoms with Gasteiger partial charge in [-0.2, -0.15) is 0 Å². The van der Waals surface area contributed by atoms with Crippen molar-refractivity contribution in [2.24, 2.45) is 0 Å². The molecule has 1 atom stereocenters. The lowest BCUT2D eigenvalue weighted by Crippen LogP contribution is -2.49. The van der Waals surface area contributed by atoms with Gasteiger partial charge in [-0.3, -0.25) is 19.8 Å². The zero-order valence-corrected chi connectivity index (χ0v) is 15.5. The van der Waals surface area contributed by atoms with Gasteiger partial charge < -0.3 is 14.4 Å². The molecule has 0 spiro atoms. The van der Waals surface area contributed by atoms with E-state index in [9.17, 15) is 14.9 Å². The van der Waals surface area contributed by atoms with Gasteiger partial charge >= 0.3 is 0 Å². The molecule has 0 aliphatic carbocycles. The fraction of sp³-hybridized carbons (Fsp3) is 0.350. The summed E-state index contributed by atoms with van der Waals surface area (Å²) in [7, 11) is 0. The van der Waals surface area contributed by atoms with Crippen LogP contribution in [0, 0.1) is 10.1 Å². The van der Waals surface area contributed by atoms with Gasteiger partial charge in [-0.15, -0.1) is 0 Å². The number of nitrogens with zero attached hydrogens (tertiary/aromatic N) is 3. The number of benzene rings is 2. The number of fused-ring (bicyclic) bond motifs is 1. The van der Waals surface area contributed by atoms with Crippen LogP contribution in [0.25, 0.3) is 0 Å². The summed E-state index contributed by atoms with van der Waals surface area (Å²) in [4.78, 5) is 27.5. The summed E-state index contributed by atoms with van der Waals surface area (Å²) in [5.74, 6) is 1.23. The molecule has 0 radical (unpaired) electrons. The van der Waals surface area contributed by atoms with Crippen molar-refractivity contribution in [1.82, 2.24) is 9.80 Å². The zero-order chi connectivity index (χ0) is 19.7. The maximum Gasteiger partial charge on any atom is 0.269 e. The number of carbonyl (C=O) groups excluding carboxylic acids is 1. The quantitative estimate of drug-likeness (QED) is 0.596. The summed E-state index contributed by atoms with van der Waals surface area (Å²) in [6, 6.07) is 12.0. The van der Waals surface area contributed by atoms with Crippen LogP contribution in [0.4, 0.5) is 5.69 Å². The molecular formula is C20H21N3O5. The normalized spacial score (nSPS) is 17.4. The molecule has 28 heavy (non-hydrogen) atoms. The Morgan fingerprint density at radius 2 is 1.82 bits per heavy atom. The Balaban J connectivity index is 1.39. The van der Waals surface area contributed by atoms with Crippen molar-refractivity contribution in [3.63, 3.8) is 0 Å². The van der Waals surface area contributed by atoms with Crippen LogP contribution in [-0.2, 0) is 0 Å². The van der Waals surface area contributed by atoms with Crippen LogP contribution in [0.1, 0.15) is 28.9 Å². The number of hydrogen-bond acceptors (Lipinski definition) is 6. The molecular weight excluding hydrogens is 362 g/mol. The molecule has 1 fully saturated rings. The minimum atomic E-state index is -0.377. The summed E-state index contributed by atoms with van der Waals surface area (Å²) < 4.78 is 10.6. The van der Waals surface area contributed by atoms with E-state index in [2.05, 4.69) is 4.90 Å². The number of ether oxygens (including phenoxy) is 2. The SMILES string of the molecule is CC(c1cccc([N+](=O)[O-])c1)N1CCN(C(=O)c2ccc3c(c2)OCO3)CC1. The first-order valence-corrected chi connectivity index (χ1v) is 9.20. The van der Waals surface area contributed by atoms with Gasteiger partial charge in [0, 0.05) is 49.9 Å². The highest BCUT2D eigenvalue weighted by atomic mass is 16.7. The molecule has 2 aromatic carbocycles. The predicted octanol–water partition coefficient (Wildman–Crippen LogP) is 2.84. The van der Waals surface area contributed by atoms with Gasteiger partial charge in [-0.25, -0.2) is 0 Å². The Bertz CT molecular complexity index is 908. The number of carbonyl (C=O) groups is 1. The van der Waals surface area contributed by atoms with Crippen molar-refractivity contribution < 1.29 is 19.2 Å². The summed E-state index contributed by atoms with van der Waals surface area (Å²) >= 11 is 0. The molecule has 2 heterocycles. The summed E-state index contributed by atoms with van der Waals surface area (Å²) in [5.41, 5.74) is 1.59. The molecule has 0 aromatic heterocycles. The van der Waals surface area contributed by atoms with Gasteiger partial charge in [-0.1, -0.05) is 12.1 Å². The second kappa shape index (κ2) is 7.47. The average molecular weight is 383 g/mol. The minimum Gasteiger partial charge on any atom is -0.454 e. The second-order valence-electron chi connectivity index (χ2n) is 6.92. The smallest absolute Gasteiger partial charge is 0.269 e. The fourth-order valence-corrected chi connectivity index (χ4v) is 3.63. The summed E-state index contributed by atoms with van der Waals surface area (Å²) in [5, 5.41) is 11.0. The third-order valence-corrected chi connectivity index (χ3v) is 5.33. The third kappa shape index (κ3) is 3.50. The number of non-ortho nitro benzene ring substituents is 1. The fourth-order valence-electron chi connectivity index (χ4n) is 3.63. The monoisotopic (exact) mass is 383 g/mol.